The van der Waals surface area contributed by atoms with Crippen LogP contribution in [0.15, 0.2) is 61.1 Å². The molecule has 7 nitrogen and oxygen atoms in total. The van der Waals surface area contributed by atoms with Crippen LogP contribution in [0.2, 0.25) is 5.02 Å². The number of carbonyl (C=O) groups is 1. The van der Waals surface area contributed by atoms with Crippen molar-refractivity contribution in [2.24, 2.45) is 0 Å². The number of aromatic amines is 1. The van der Waals surface area contributed by atoms with Crippen LogP contribution < -0.4 is 5.48 Å². The minimum Gasteiger partial charge on any atom is -0.361 e. The number of hydrogen-bond acceptors (Lipinski definition) is 4. The van der Waals surface area contributed by atoms with Crippen molar-refractivity contribution in [3.05, 3.63) is 93.9 Å². The second kappa shape index (κ2) is 10.7. The van der Waals surface area contributed by atoms with E-state index in [1.165, 1.54) is 33.7 Å². The predicted octanol–water partition coefficient (Wildman–Crippen LogP) is 5.29. The normalized spacial score (nSPS) is 15.3. The van der Waals surface area contributed by atoms with E-state index in [1.807, 2.05) is 29.1 Å². The first-order valence-electron chi connectivity index (χ1n) is 12.3. The molecule has 0 radical (unpaired) electrons. The summed E-state index contributed by atoms with van der Waals surface area (Å²) in [6.07, 6.45) is 12.2. The van der Waals surface area contributed by atoms with Crippen molar-refractivity contribution >= 4 is 34.5 Å². The standard InChI is InChI=1S/C28H30ClN5O2/c1-2-34-18-20(15-31-34)17-33(12-11-22-16-30-26-14-23(29)6-8-24(22)26)27-9-5-21-13-19(3-7-25(21)27)4-10-28(35)32-36/h3-4,6-8,10,13-16,18,27,30,36H,2,5,9,11-12,17H2,1H3,(H,32,35). The van der Waals surface area contributed by atoms with E-state index < -0.39 is 5.91 Å². The molecule has 2 aromatic carbocycles. The van der Waals surface area contributed by atoms with Crippen LogP contribution in [-0.2, 0) is 30.7 Å². The van der Waals surface area contributed by atoms with Crippen LogP contribution >= 0.6 is 11.6 Å². The number of fused-ring (bicyclic) bond motifs is 2. The Kier molecular flexibility index (Phi) is 7.23. The summed E-state index contributed by atoms with van der Waals surface area (Å²) < 4.78 is 1.97. The van der Waals surface area contributed by atoms with E-state index in [-0.39, 0.29) is 0 Å². The van der Waals surface area contributed by atoms with Crippen molar-refractivity contribution < 1.29 is 10.0 Å². The third-order valence-electron chi connectivity index (χ3n) is 6.99. The summed E-state index contributed by atoms with van der Waals surface area (Å²) >= 11 is 6.18. The molecule has 0 saturated carbocycles. The van der Waals surface area contributed by atoms with Crippen LogP contribution in [0.4, 0.5) is 0 Å². The highest BCUT2D eigenvalue weighted by Crippen LogP contribution is 2.37. The molecule has 1 aliphatic rings. The highest BCUT2D eigenvalue weighted by molar-refractivity contribution is 6.31. The van der Waals surface area contributed by atoms with Crippen molar-refractivity contribution in [3.63, 3.8) is 0 Å². The molecule has 0 fully saturated rings. The maximum Gasteiger partial charge on any atom is 0.267 e. The Hall–Kier alpha value is -3.39. The molecule has 2 heterocycles. The highest BCUT2D eigenvalue weighted by Gasteiger charge is 2.28. The van der Waals surface area contributed by atoms with Crippen LogP contribution in [0.1, 0.15) is 47.2 Å². The fraction of sp³-hybridized carbons (Fsp3) is 0.286. The van der Waals surface area contributed by atoms with Gasteiger partial charge in [0.05, 0.1) is 6.20 Å². The Bertz CT molecular complexity index is 1410. The summed E-state index contributed by atoms with van der Waals surface area (Å²) in [6, 6.07) is 12.7. The number of nitrogens with one attached hydrogen (secondary N) is 2. The molecule has 1 amide bonds. The largest absolute Gasteiger partial charge is 0.361 e. The smallest absolute Gasteiger partial charge is 0.267 e. The maximum absolute atomic E-state index is 11.4. The molecular formula is C28H30ClN5O2. The molecule has 4 aromatic rings. The molecule has 3 N–H and O–H groups in total. The van der Waals surface area contributed by atoms with Crippen LogP contribution in [0, 0.1) is 0 Å². The molecular weight excluding hydrogens is 474 g/mol. The van der Waals surface area contributed by atoms with E-state index >= 15 is 0 Å². The highest BCUT2D eigenvalue weighted by atomic mass is 35.5. The van der Waals surface area contributed by atoms with Gasteiger partial charge >= 0.3 is 0 Å². The zero-order valence-corrected chi connectivity index (χ0v) is 21.0. The van der Waals surface area contributed by atoms with Crippen molar-refractivity contribution in [1.29, 1.82) is 0 Å². The number of rotatable bonds is 9. The molecule has 5 rings (SSSR count). The second-order valence-electron chi connectivity index (χ2n) is 9.25. The Morgan fingerprint density at radius 1 is 1.33 bits per heavy atom. The Morgan fingerprint density at radius 2 is 2.22 bits per heavy atom. The van der Waals surface area contributed by atoms with Crippen molar-refractivity contribution in [3.8, 4) is 0 Å². The molecule has 0 spiro atoms. The van der Waals surface area contributed by atoms with Gasteiger partial charge in [-0.05, 0) is 66.6 Å². The molecule has 8 heteroatoms. The Morgan fingerprint density at radius 3 is 3.03 bits per heavy atom. The van der Waals surface area contributed by atoms with Gasteiger partial charge in [-0.1, -0.05) is 35.9 Å². The lowest BCUT2D eigenvalue weighted by Crippen LogP contribution is -2.29. The van der Waals surface area contributed by atoms with E-state index in [0.29, 0.717) is 6.04 Å². The zero-order chi connectivity index (χ0) is 25.1. The van der Waals surface area contributed by atoms with E-state index in [2.05, 4.69) is 52.5 Å². The van der Waals surface area contributed by atoms with Gasteiger partial charge < -0.3 is 4.98 Å². The summed E-state index contributed by atoms with van der Waals surface area (Å²) in [5, 5.41) is 15.2. The number of halogens is 1. The summed E-state index contributed by atoms with van der Waals surface area (Å²) in [7, 11) is 0. The average Bonchev–Trinajstić information content (AvgIpc) is 3.62. The molecule has 2 aromatic heterocycles. The Labute approximate surface area is 215 Å². The van der Waals surface area contributed by atoms with Gasteiger partial charge in [-0.3, -0.25) is 19.6 Å². The Balaban J connectivity index is 1.39. The van der Waals surface area contributed by atoms with Crippen LogP contribution in [-0.4, -0.2) is 37.3 Å². The first kappa shape index (κ1) is 24.3. The lowest BCUT2D eigenvalue weighted by molar-refractivity contribution is -0.124. The van der Waals surface area contributed by atoms with Crippen molar-refractivity contribution in [2.75, 3.05) is 6.54 Å². The zero-order valence-electron chi connectivity index (χ0n) is 20.2. The first-order chi connectivity index (χ1) is 17.5. The van der Waals surface area contributed by atoms with Gasteiger partial charge in [-0.15, -0.1) is 0 Å². The lowest BCUT2D eigenvalue weighted by Gasteiger charge is -2.29. The number of H-pyrrole nitrogens is 1. The quantitative estimate of drug-likeness (QED) is 0.164. The van der Waals surface area contributed by atoms with Crippen LogP contribution in [0.25, 0.3) is 17.0 Å². The third kappa shape index (κ3) is 5.23. The van der Waals surface area contributed by atoms with Gasteiger partial charge in [0.1, 0.15) is 0 Å². The van der Waals surface area contributed by atoms with Gasteiger partial charge in [-0.2, -0.15) is 5.10 Å². The molecule has 1 atom stereocenters. The molecule has 1 unspecified atom stereocenters. The van der Waals surface area contributed by atoms with Gasteiger partial charge in [0.2, 0.25) is 0 Å². The average molecular weight is 504 g/mol. The number of carbonyl (C=O) groups excluding carboxylic acids is 1. The summed E-state index contributed by atoms with van der Waals surface area (Å²) in [6.45, 7) is 4.70. The van der Waals surface area contributed by atoms with Crippen molar-refractivity contribution in [2.45, 2.75) is 45.3 Å². The summed E-state index contributed by atoms with van der Waals surface area (Å²) in [5.74, 6) is -0.535. The van der Waals surface area contributed by atoms with Gasteiger partial charge in [-0.25, -0.2) is 5.48 Å². The SMILES string of the molecule is CCn1cc(CN(CCc2c[nH]c3cc(Cl)ccc23)C2CCc3cc(C=CC(=O)NO)ccc32)cn1. The molecule has 0 saturated heterocycles. The number of hydroxylamine groups is 1. The van der Waals surface area contributed by atoms with E-state index in [1.54, 1.807) is 11.6 Å². The van der Waals surface area contributed by atoms with Gasteiger partial charge in [0.15, 0.2) is 0 Å². The molecule has 1 aliphatic carbocycles. The molecule has 0 bridgehead atoms. The van der Waals surface area contributed by atoms with E-state index in [0.717, 1.165) is 55.0 Å². The van der Waals surface area contributed by atoms with Gasteiger partial charge in [0.25, 0.3) is 5.91 Å². The van der Waals surface area contributed by atoms with Crippen LogP contribution in [0.5, 0.6) is 0 Å². The fourth-order valence-corrected chi connectivity index (χ4v) is 5.35. The number of benzene rings is 2. The van der Waals surface area contributed by atoms with E-state index in [9.17, 15) is 4.79 Å². The van der Waals surface area contributed by atoms with Crippen molar-refractivity contribution in [1.82, 2.24) is 25.1 Å². The van der Waals surface area contributed by atoms with Crippen LogP contribution in [0.3, 0.4) is 0 Å². The molecule has 0 aliphatic heterocycles. The summed E-state index contributed by atoms with van der Waals surface area (Å²) in [4.78, 5) is 17.3. The number of hydrogen-bond donors (Lipinski definition) is 3. The minimum absolute atomic E-state index is 0.309. The number of aryl methyl sites for hydroxylation is 2. The number of amides is 1. The number of nitrogens with zero attached hydrogens (tertiary/aromatic N) is 3. The third-order valence-corrected chi connectivity index (χ3v) is 7.22. The topological polar surface area (TPSA) is 86.2 Å². The molecule has 36 heavy (non-hydrogen) atoms. The lowest BCUT2D eigenvalue weighted by atomic mass is 10.0. The maximum atomic E-state index is 11.4. The summed E-state index contributed by atoms with van der Waals surface area (Å²) in [5.41, 5.74) is 8.80. The first-order valence-corrected chi connectivity index (χ1v) is 12.7. The monoisotopic (exact) mass is 503 g/mol. The van der Waals surface area contributed by atoms with Gasteiger partial charge in [0, 0.05) is 65.6 Å². The number of aromatic nitrogens is 3. The predicted molar refractivity (Wildman–Crippen MR) is 142 cm³/mol. The fourth-order valence-electron chi connectivity index (χ4n) is 5.18. The molecule has 186 valence electrons. The minimum atomic E-state index is -0.535. The van der Waals surface area contributed by atoms with E-state index in [4.69, 9.17) is 16.8 Å². The second-order valence-corrected chi connectivity index (χ2v) is 9.69.